The predicted molar refractivity (Wildman–Crippen MR) is 86.6 cm³/mol. The fourth-order valence-corrected chi connectivity index (χ4v) is 2.42. The molecule has 4 nitrogen and oxygen atoms in total. The Kier molecular flexibility index (Phi) is 5.81. The van der Waals surface area contributed by atoms with E-state index in [-0.39, 0.29) is 5.02 Å². The largest absolute Gasteiger partial charge is 0.439 e. The lowest BCUT2D eigenvalue weighted by Gasteiger charge is -2.38. The lowest BCUT2D eigenvalue weighted by atomic mass is 10.1. The summed E-state index contributed by atoms with van der Waals surface area (Å²) >= 11 is 11.2. The molecule has 0 bridgehead atoms. The molecule has 1 heterocycles. The zero-order valence-corrected chi connectivity index (χ0v) is 14.4. The van der Waals surface area contributed by atoms with Crippen LogP contribution in [0.1, 0.15) is 10.4 Å². The number of hydrogen-bond donors (Lipinski definition) is 2. The van der Waals surface area contributed by atoms with Crippen LogP contribution in [-0.2, 0) is 0 Å². The van der Waals surface area contributed by atoms with E-state index >= 15 is 0 Å². The van der Waals surface area contributed by atoms with Gasteiger partial charge in [0, 0.05) is 11.8 Å². The number of carbonyl (C=O) groups is 1. The first-order chi connectivity index (χ1) is 12.4. The minimum absolute atomic E-state index is 0.108. The van der Waals surface area contributed by atoms with Crippen LogP contribution in [0.5, 0.6) is 0 Å². The Balaban J connectivity index is 2.55. The van der Waals surface area contributed by atoms with Crippen molar-refractivity contribution in [2.45, 2.75) is 18.0 Å². The maximum atomic E-state index is 13.5. The molecular formula is C15H9Cl2F6N3O. The van der Waals surface area contributed by atoms with Crippen LogP contribution in [-0.4, -0.2) is 28.9 Å². The highest BCUT2D eigenvalue weighted by molar-refractivity contribution is 6.36. The van der Waals surface area contributed by atoms with E-state index in [1.54, 1.807) is 0 Å². The normalized spacial score (nSPS) is 12.6. The molecule has 1 amide bonds. The highest BCUT2D eigenvalue weighted by Crippen LogP contribution is 2.44. The predicted octanol–water partition coefficient (Wildman–Crippen LogP) is 5.05. The molecule has 0 radical (unpaired) electrons. The SMILES string of the molecule is O=C(NC(Nc1ncc(Cl)cc1Cl)(C(F)(F)F)C(F)(F)F)c1ccccc1. The molecule has 0 unspecified atom stereocenters. The van der Waals surface area contributed by atoms with Gasteiger partial charge in [0.15, 0.2) is 0 Å². The van der Waals surface area contributed by atoms with Crippen LogP contribution < -0.4 is 10.6 Å². The lowest BCUT2D eigenvalue weighted by Crippen LogP contribution is -2.72. The van der Waals surface area contributed by atoms with E-state index in [0.29, 0.717) is 0 Å². The van der Waals surface area contributed by atoms with E-state index in [1.165, 1.54) is 23.5 Å². The molecule has 0 aliphatic rings. The summed E-state index contributed by atoms with van der Waals surface area (Å²) in [6.45, 7) is 0. The van der Waals surface area contributed by atoms with Gasteiger partial charge < -0.3 is 10.6 Å². The highest BCUT2D eigenvalue weighted by Gasteiger charge is 2.73. The number of rotatable bonds is 4. The number of alkyl halides is 6. The van der Waals surface area contributed by atoms with Crippen molar-refractivity contribution < 1.29 is 31.1 Å². The van der Waals surface area contributed by atoms with Gasteiger partial charge in [-0.05, 0) is 18.2 Å². The zero-order valence-electron chi connectivity index (χ0n) is 12.9. The van der Waals surface area contributed by atoms with Crippen molar-refractivity contribution in [1.29, 1.82) is 0 Å². The average Bonchev–Trinajstić information content (AvgIpc) is 2.55. The molecular weight excluding hydrogens is 423 g/mol. The topological polar surface area (TPSA) is 54.0 Å². The molecule has 0 saturated heterocycles. The van der Waals surface area contributed by atoms with Gasteiger partial charge in [-0.25, -0.2) is 4.98 Å². The summed E-state index contributed by atoms with van der Waals surface area (Å²) in [7, 11) is 0. The molecule has 2 rings (SSSR count). The maximum absolute atomic E-state index is 13.5. The first-order valence-corrected chi connectivity index (χ1v) is 7.73. The molecule has 0 aliphatic heterocycles. The first-order valence-electron chi connectivity index (χ1n) is 6.97. The third kappa shape index (κ3) is 4.38. The van der Waals surface area contributed by atoms with E-state index in [0.717, 1.165) is 29.7 Å². The number of benzene rings is 1. The standard InChI is InChI=1S/C15H9Cl2F6N3O/c16-9-6-10(17)11(24-7-9)25-13(14(18,19)20,15(21,22)23)26-12(27)8-4-2-1-3-5-8/h1-7H,(H,24,25)(H,26,27). The molecule has 1 aromatic carbocycles. The monoisotopic (exact) mass is 431 g/mol. The minimum Gasteiger partial charge on any atom is -0.331 e. The number of halogens is 8. The Hall–Kier alpha value is -2.20. The van der Waals surface area contributed by atoms with Crippen molar-refractivity contribution in [2.24, 2.45) is 0 Å². The molecule has 0 fully saturated rings. The van der Waals surface area contributed by atoms with Crippen LogP contribution in [0.25, 0.3) is 0 Å². The van der Waals surface area contributed by atoms with Gasteiger partial charge in [-0.15, -0.1) is 0 Å². The van der Waals surface area contributed by atoms with Crippen molar-refractivity contribution >= 4 is 34.9 Å². The van der Waals surface area contributed by atoms with Gasteiger partial charge in [0.25, 0.3) is 5.91 Å². The van der Waals surface area contributed by atoms with Crippen LogP contribution in [0.2, 0.25) is 10.0 Å². The van der Waals surface area contributed by atoms with Crippen molar-refractivity contribution in [2.75, 3.05) is 5.32 Å². The second-order valence-electron chi connectivity index (χ2n) is 5.17. The Labute approximate surface area is 158 Å². The summed E-state index contributed by atoms with van der Waals surface area (Å²) in [5.41, 5.74) is -5.26. The molecule has 0 atom stereocenters. The fourth-order valence-electron chi connectivity index (χ4n) is 1.99. The van der Waals surface area contributed by atoms with Crippen LogP contribution in [0.3, 0.4) is 0 Å². The molecule has 0 spiro atoms. The second-order valence-corrected chi connectivity index (χ2v) is 6.02. The average molecular weight is 432 g/mol. The molecule has 27 heavy (non-hydrogen) atoms. The zero-order chi connectivity index (χ0) is 20.5. The summed E-state index contributed by atoms with van der Waals surface area (Å²) in [6.07, 6.45) is -11.2. The van der Waals surface area contributed by atoms with E-state index < -0.39 is 40.3 Å². The highest BCUT2D eigenvalue weighted by atomic mass is 35.5. The van der Waals surface area contributed by atoms with Crippen LogP contribution in [0.4, 0.5) is 32.2 Å². The number of nitrogens with zero attached hydrogens (tertiary/aromatic N) is 1. The van der Waals surface area contributed by atoms with Gasteiger partial charge in [0.1, 0.15) is 5.82 Å². The molecule has 0 saturated carbocycles. The summed E-state index contributed by atoms with van der Waals surface area (Å²) in [4.78, 5) is 15.4. The summed E-state index contributed by atoms with van der Waals surface area (Å²) in [5, 5.41) is 1.46. The maximum Gasteiger partial charge on any atom is 0.439 e. The summed E-state index contributed by atoms with van der Waals surface area (Å²) in [5.74, 6) is -2.58. The van der Waals surface area contributed by atoms with Gasteiger partial charge in [-0.1, -0.05) is 41.4 Å². The third-order valence-electron chi connectivity index (χ3n) is 3.30. The van der Waals surface area contributed by atoms with Gasteiger partial charge >= 0.3 is 18.0 Å². The molecule has 146 valence electrons. The minimum atomic E-state index is -6.00. The van der Waals surface area contributed by atoms with Crippen LogP contribution in [0.15, 0.2) is 42.6 Å². The van der Waals surface area contributed by atoms with Gasteiger partial charge in [0.2, 0.25) is 0 Å². The van der Waals surface area contributed by atoms with E-state index in [1.807, 2.05) is 0 Å². The van der Waals surface area contributed by atoms with Crippen LogP contribution in [0, 0.1) is 0 Å². The quantitative estimate of drug-likeness (QED) is 0.525. The molecule has 0 aliphatic carbocycles. The van der Waals surface area contributed by atoms with Gasteiger partial charge in [0.05, 0.1) is 10.0 Å². The number of carbonyl (C=O) groups excluding carboxylic acids is 1. The number of pyridine rings is 1. The number of aromatic nitrogens is 1. The Morgan fingerprint density at radius 1 is 0.963 bits per heavy atom. The van der Waals surface area contributed by atoms with Crippen molar-refractivity contribution in [3.63, 3.8) is 0 Å². The van der Waals surface area contributed by atoms with E-state index in [4.69, 9.17) is 23.2 Å². The molecule has 1 aromatic heterocycles. The number of anilines is 1. The number of hydrogen-bond acceptors (Lipinski definition) is 3. The van der Waals surface area contributed by atoms with Crippen molar-refractivity contribution in [1.82, 2.24) is 10.3 Å². The van der Waals surface area contributed by atoms with E-state index in [9.17, 15) is 31.1 Å². The Bertz CT molecular complexity index is 813. The Morgan fingerprint density at radius 3 is 2.00 bits per heavy atom. The molecule has 12 heteroatoms. The van der Waals surface area contributed by atoms with Gasteiger partial charge in [-0.3, -0.25) is 4.79 Å². The van der Waals surface area contributed by atoms with E-state index in [2.05, 4.69) is 4.98 Å². The van der Waals surface area contributed by atoms with Crippen molar-refractivity contribution in [3.8, 4) is 0 Å². The smallest absolute Gasteiger partial charge is 0.331 e. The fraction of sp³-hybridized carbons (Fsp3) is 0.200. The second kappa shape index (κ2) is 7.43. The van der Waals surface area contributed by atoms with Gasteiger partial charge in [-0.2, -0.15) is 26.3 Å². The lowest BCUT2D eigenvalue weighted by molar-refractivity contribution is -0.294. The molecule has 2 aromatic rings. The number of nitrogens with one attached hydrogen (secondary N) is 2. The first kappa shape index (κ1) is 21.1. The molecule has 2 N–H and O–H groups in total. The van der Waals surface area contributed by atoms with Crippen molar-refractivity contribution in [3.05, 3.63) is 58.2 Å². The Morgan fingerprint density at radius 2 is 1.52 bits per heavy atom. The summed E-state index contributed by atoms with van der Waals surface area (Å²) < 4.78 is 81.3. The third-order valence-corrected chi connectivity index (χ3v) is 3.80. The number of amides is 1. The summed E-state index contributed by atoms with van der Waals surface area (Å²) in [6, 6.07) is 7.01. The van der Waals surface area contributed by atoms with Crippen LogP contribution >= 0.6 is 23.2 Å².